The average Bonchev–Trinajstić information content (AvgIpc) is 3.45. The van der Waals surface area contributed by atoms with E-state index in [-0.39, 0.29) is 41.0 Å². The first-order valence-corrected chi connectivity index (χ1v) is 13.0. The molecule has 3 heterocycles. The van der Waals surface area contributed by atoms with E-state index in [2.05, 4.69) is 40.1 Å². The van der Waals surface area contributed by atoms with Gasteiger partial charge >= 0.3 is 0 Å². The molecule has 2 aliphatic carbocycles. The summed E-state index contributed by atoms with van der Waals surface area (Å²) >= 11 is 6.54. The Morgan fingerprint density at radius 2 is 2.00 bits per heavy atom. The van der Waals surface area contributed by atoms with Crippen molar-refractivity contribution in [1.29, 1.82) is 5.26 Å². The first-order chi connectivity index (χ1) is 17.0. The molecule has 0 unspecified atom stereocenters. The maximum atomic E-state index is 13.2. The number of amides is 2. The Morgan fingerprint density at radius 1 is 1.22 bits per heavy atom. The van der Waals surface area contributed by atoms with Gasteiger partial charge in [0.25, 0.3) is 0 Å². The maximum absolute atomic E-state index is 13.2. The molecule has 2 fully saturated rings. The number of carbonyl (C=O) groups excluding carboxylic acids is 2. The highest BCUT2D eigenvalue weighted by molar-refractivity contribution is 6.33. The average molecular weight is 510 g/mol. The molecular weight excluding hydrogens is 478 g/mol. The van der Waals surface area contributed by atoms with Crippen LogP contribution >= 0.6 is 11.6 Å². The standard InChI is InChI=1S/C27H32ClN5O3/c1-14(34)31-17-5-15-4-16(6-19(15)24(35)7-17)26(36)32-25-9-20(22(28)12-30-25)21-8-18(11-29)33-13-27(2,3)10-23(21)33/h8-9,12,15-17,19,24,35H,4-7,10,13H2,1-3H3,(H,31,34)(H,30,32,36)/t15-,16+,17+,19-,24-/m0/s1. The summed E-state index contributed by atoms with van der Waals surface area (Å²) in [4.78, 5) is 29.0. The van der Waals surface area contributed by atoms with Gasteiger partial charge in [-0.05, 0) is 61.5 Å². The van der Waals surface area contributed by atoms with Gasteiger partial charge in [-0.15, -0.1) is 0 Å². The summed E-state index contributed by atoms with van der Waals surface area (Å²) in [7, 11) is 0. The van der Waals surface area contributed by atoms with Crippen molar-refractivity contribution < 1.29 is 14.7 Å². The van der Waals surface area contributed by atoms with Gasteiger partial charge in [-0.2, -0.15) is 5.26 Å². The molecule has 190 valence electrons. The number of fused-ring (bicyclic) bond motifs is 2. The van der Waals surface area contributed by atoms with Crippen molar-refractivity contribution in [2.24, 2.45) is 23.2 Å². The molecule has 0 saturated heterocycles. The van der Waals surface area contributed by atoms with Crippen LogP contribution in [-0.2, 0) is 22.6 Å². The number of pyridine rings is 1. The van der Waals surface area contributed by atoms with Crippen molar-refractivity contribution >= 4 is 29.2 Å². The van der Waals surface area contributed by atoms with Crippen LogP contribution in [0.15, 0.2) is 18.3 Å². The number of nitrogens with one attached hydrogen (secondary N) is 2. The van der Waals surface area contributed by atoms with Crippen LogP contribution in [0.4, 0.5) is 5.82 Å². The summed E-state index contributed by atoms with van der Waals surface area (Å²) < 4.78 is 2.06. The zero-order valence-electron chi connectivity index (χ0n) is 20.8. The zero-order chi connectivity index (χ0) is 25.8. The van der Waals surface area contributed by atoms with E-state index in [0.717, 1.165) is 36.2 Å². The molecule has 3 aliphatic rings. The second kappa shape index (κ2) is 9.20. The summed E-state index contributed by atoms with van der Waals surface area (Å²) in [5.74, 6) is 0.247. The molecule has 1 aliphatic heterocycles. The molecule has 36 heavy (non-hydrogen) atoms. The summed E-state index contributed by atoms with van der Waals surface area (Å²) in [5.41, 5.74) is 3.38. The lowest BCUT2D eigenvalue weighted by atomic mass is 9.77. The van der Waals surface area contributed by atoms with Gasteiger partial charge in [-0.25, -0.2) is 4.98 Å². The van der Waals surface area contributed by atoms with Crippen molar-refractivity contribution in [3.05, 3.63) is 34.7 Å². The van der Waals surface area contributed by atoms with Crippen molar-refractivity contribution in [2.45, 2.75) is 71.6 Å². The molecule has 2 amide bonds. The Kier molecular flexibility index (Phi) is 6.34. The van der Waals surface area contributed by atoms with E-state index in [4.69, 9.17) is 11.6 Å². The van der Waals surface area contributed by atoms with E-state index < -0.39 is 6.10 Å². The minimum atomic E-state index is -0.519. The number of anilines is 1. The molecule has 0 radical (unpaired) electrons. The molecule has 3 N–H and O–H groups in total. The first kappa shape index (κ1) is 24.8. The summed E-state index contributed by atoms with van der Waals surface area (Å²) in [6.45, 7) is 6.62. The van der Waals surface area contributed by atoms with Crippen LogP contribution in [-0.4, -0.2) is 38.6 Å². The SMILES string of the molecule is CC(=O)N[C@@H]1C[C@@H]2C[C@@H](C(=O)Nc3cc(-c4cc(C#N)n5c4CC(C)(C)C5)c(Cl)cn3)C[C@@H]2[C@@H](O)C1. The quantitative estimate of drug-likeness (QED) is 0.577. The number of hydrogen-bond acceptors (Lipinski definition) is 5. The van der Waals surface area contributed by atoms with Crippen molar-refractivity contribution in [1.82, 2.24) is 14.9 Å². The van der Waals surface area contributed by atoms with E-state index in [1.807, 2.05) is 6.07 Å². The van der Waals surface area contributed by atoms with E-state index in [9.17, 15) is 20.0 Å². The van der Waals surface area contributed by atoms with Crippen molar-refractivity contribution in [3.63, 3.8) is 0 Å². The van der Waals surface area contributed by atoms with Crippen LogP contribution < -0.4 is 10.6 Å². The number of carbonyl (C=O) groups is 2. The predicted octanol–water partition coefficient (Wildman–Crippen LogP) is 3.90. The van der Waals surface area contributed by atoms with Gasteiger partial charge in [0.15, 0.2) is 0 Å². The number of nitriles is 1. The summed E-state index contributed by atoms with van der Waals surface area (Å²) in [5, 5.41) is 26.6. The number of aliphatic hydroxyl groups is 1. The molecule has 5 rings (SSSR count). The number of nitrogens with zero attached hydrogens (tertiary/aromatic N) is 3. The van der Waals surface area contributed by atoms with Crippen LogP contribution in [0.5, 0.6) is 0 Å². The Hall–Kier alpha value is -2.89. The number of rotatable bonds is 4. The third-order valence-corrected chi connectivity index (χ3v) is 8.39. The van der Waals surface area contributed by atoms with Crippen LogP contribution in [0.25, 0.3) is 11.1 Å². The van der Waals surface area contributed by atoms with Crippen LogP contribution in [0.3, 0.4) is 0 Å². The Bertz CT molecular complexity index is 1260. The fraction of sp³-hybridized carbons (Fsp3) is 0.556. The molecule has 0 aromatic carbocycles. The van der Waals surface area contributed by atoms with Gasteiger partial charge in [0.2, 0.25) is 11.8 Å². The molecule has 5 atom stereocenters. The van der Waals surface area contributed by atoms with E-state index >= 15 is 0 Å². The molecule has 2 saturated carbocycles. The summed E-state index contributed by atoms with van der Waals surface area (Å²) in [6, 6.07) is 5.89. The Balaban J connectivity index is 1.33. The first-order valence-electron chi connectivity index (χ1n) is 12.6. The summed E-state index contributed by atoms with van der Waals surface area (Å²) in [6.07, 6.45) is 4.47. The third kappa shape index (κ3) is 4.62. The maximum Gasteiger partial charge on any atom is 0.228 e. The number of halogens is 1. The van der Waals surface area contributed by atoms with E-state index in [1.54, 1.807) is 12.3 Å². The fourth-order valence-electron chi connectivity index (χ4n) is 6.61. The van der Waals surface area contributed by atoms with Gasteiger partial charge in [-0.3, -0.25) is 9.59 Å². The molecule has 0 bridgehead atoms. The Labute approximate surface area is 216 Å². The molecule has 2 aromatic heterocycles. The van der Waals surface area contributed by atoms with Gasteiger partial charge in [-0.1, -0.05) is 25.4 Å². The largest absolute Gasteiger partial charge is 0.393 e. The topological polar surface area (TPSA) is 120 Å². The molecule has 0 spiro atoms. The lowest BCUT2D eigenvalue weighted by Crippen LogP contribution is -2.44. The molecule has 8 nitrogen and oxygen atoms in total. The third-order valence-electron chi connectivity index (χ3n) is 8.09. The molecular formula is C27H32ClN5O3. The minimum absolute atomic E-state index is 0.0477. The van der Waals surface area contributed by atoms with E-state index in [1.165, 1.54) is 6.92 Å². The predicted molar refractivity (Wildman–Crippen MR) is 136 cm³/mol. The number of aromatic nitrogens is 2. The lowest BCUT2D eigenvalue weighted by Gasteiger charge is -2.36. The number of aliphatic hydroxyl groups excluding tert-OH is 1. The lowest BCUT2D eigenvalue weighted by molar-refractivity contribution is -0.121. The van der Waals surface area contributed by atoms with Gasteiger partial charge in [0, 0.05) is 48.4 Å². The smallest absolute Gasteiger partial charge is 0.228 e. The number of hydrogen-bond donors (Lipinski definition) is 3. The second-order valence-corrected chi connectivity index (χ2v) is 11.9. The van der Waals surface area contributed by atoms with Crippen LogP contribution in [0.2, 0.25) is 5.02 Å². The highest BCUT2D eigenvalue weighted by atomic mass is 35.5. The monoisotopic (exact) mass is 509 g/mol. The zero-order valence-corrected chi connectivity index (χ0v) is 21.6. The van der Waals surface area contributed by atoms with Crippen molar-refractivity contribution in [3.8, 4) is 17.2 Å². The molecule has 2 aromatic rings. The van der Waals surface area contributed by atoms with Gasteiger partial charge in [0.1, 0.15) is 17.6 Å². The normalized spacial score (nSPS) is 28.2. The van der Waals surface area contributed by atoms with E-state index in [0.29, 0.717) is 35.8 Å². The van der Waals surface area contributed by atoms with Crippen LogP contribution in [0.1, 0.15) is 57.8 Å². The van der Waals surface area contributed by atoms with Gasteiger partial charge < -0.3 is 20.3 Å². The van der Waals surface area contributed by atoms with Gasteiger partial charge in [0.05, 0.1) is 11.1 Å². The fourth-order valence-corrected chi connectivity index (χ4v) is 6.82. The minimum Gasteiger partial charge on any atom is -0.393 e. The van der Waals surface area contributed by atoms with Crippen molar-refractivity contribution in [2.75, 3.05) is 5.32 Å². The highest BCUT2D eigenvalue weighted by Crippen LogP contribution is 2.46. The second-order valence-electron chi connectivity index (χ2n) is 11.5. The highest BCUT2D eigenvalue weighted by Gasteiger charge is 2.45. The Morgan fingerprint density at radius 3 is 2.72 bits per heavy atom. The molecule has 9 heteroatoms. The van der Waals surface area contributed by atoms with Crippen LogP contribution in [0, 0.1) is 34.5 Å².